The fraction of sp³-hybridized carbons (Fsp3) is 0.115. The average molecular weight is 423 g/mol. The largest absolute Gasteiger partial charge is 0.489 e. The van der Waals surface area contributed by atoms with E-state index in [2.05, 4.69) is 15.3 Å². The average Bonchev–Trinajstić information content (AvgIpc) is 2.83. The fourth-order valence-electron chi connectivity index (χ4n) is 3.93. The van der Waals surface area contributed by atoms with Gasteiger partial charge in [-0.2, -0.15) is 0 Å². The molecule has 1 amide bonds. The summed E-state index contributed by atoms with van der Waals surface area (Å²) in [5, 5.41) is 2.77. The summed E-state index contributed by atoms with van der Waals surface area (Å²) in [6, 6.07) is 26.8. The van der Waals surface area contributed by atoms with E-state index in [0.717, 1.165) is 22.4 Å². The van der Waals surface area contributed by atoms with Gasteiger partial charge in [-0.05, 0) is 23.3 Å². The van der Waals surface area contributed by atoms with Gasteiger partial charge in [0.1, 0.15) is 24.0 Å². The van der Waals surface area contributed by atoms with Crippen molar-refractivity contribution in [3.63, 3.8) is 0 Å². The Balaban J connectivity index is 1.42. The summed E-state index contributed by atoms with van der Waals surface area (Å²) in [4.78, 5) is 32.8. The van der Waals surface area contributed by atoms with Crippen LogP contribution >= 0.6 is 0 Å². The van der Waals surface area contributed by atoms with Crippen molar-refractivity contribution in [1.29, 1.82) is 0 Å². The Kier molecular flexibility index (Phi) is 5.25. The van der Waals surface area contributed by atoms with Gasteiger partial charge in [0.15, 0.2) is 0 Å². The first kappa shape index (κ1) is 19.8. The maximum Gasteiger partial charge on any atom is 0.257 e. The Bertz CT molecular complexity index is 1300. The highest BCUT2D eigenvalue weighted by atomic mass is 16.5. The Hall–Kier alpha value is -4.19. The molecule has 0 fully saturated rings. The van der Waals surface area contributed by atoms with E-state index in [0.29, 0.717) is 23.8 Å². The number of amides is 1. The van der Waals surface area contributed by atoms with Gasteiger partial charge >= 0.3 is 0 Å². The summed E-state index contributed by atoms with van der Waals surface area (Å²) in [5.41, 5.74) is 2.96. The van der Waals surface area contributed by atoms with Gasteiger partial charge in [0.25, 0.3) is 5.56 Å². The van der Waals surface area contributed by atoms with Crippen molar-refractivity contribution in [2.24, 2.45) is 0 Å². The smallest absolute Gasteiger partial charge is 0.257 e. The molecule has 0 unspecified atom stereocenters. The van der Waals surface area contributed by atoms with E-state index in [9.17, 15) is 9.59 Å². The van der Waals surface area contributed by atoms with Crippen molar-refractivity contribution in [3.05, 3.63) is 112 Å². The Morgan fingerprint density at radius 2 is 1.56 bits per heavy atom. The number of aromatic nitrogens is 2. The molecule has 1 aromatic heterocycles. The van der Waals surface area contributed by atoms with E-state index in [1.54, 1.807) is 0 Å². The van der Waals surface area contributed by atoms with Crippen LogP contribution in [0.4, 0.5) is 5.82 Å². The van der Waals surface area contributed by atoms with Gasteiger partial charge in [0.2, 0.25) is 5.91 Å². The van der Waals surface area contributed by atoms with E-state index in [1.165, 1.54) is 0 Å². The number of hydrogen-bond donors (Lipinski definition) is 2. The van der Waals surface area contributed by atoms with Crippen molar-refractivity contribution in [1.82, 2.24) is 9.97 Å². The van der Waals surface area contributed by atoms with Gasteiger partial charge in [-0.15, -0.1) is 0 Å². The fourth-order valence-corrected chi connectivity index (χ4v) is 3.93. The highest BCUT2D eigenvalue weighted by Gasteiger charge is 2.31. The number of anilines is 1. The Labute approximate surface area is 184 Å². The lowest BCUT2D eigenvalue weighted by Gasteiger charge is -2.24. The van der Waals surface area contributed by atoms with Crippen LogP contribution in [0.2, 0.25) is 0 Å². The molecule has 2 heterocycles. The van der Waals surface area contributed by atoms with Crippen LogP contribution in [0.1, 0.15) is 29.0 Å². The lowest BCUT2D eigenvalue weighted by Crippen LogP contribution is -2.31. The molecule has 0 saturated heterocycles. The van der Waals surface area contributed by atoms with Crippen molar-refractivity contribution in [2.45, 2.75) is 18.9 Å². The van der Waals surface area contributed by atoms with E-state index >= 15 is 0 Å². The summed E-state index contributed by atoms with van der Waals surface area (Å²) in [5.74, 6) is 0.940. The number of carbonyl (C=O) groups is 1. The third kappa shape index (κ3) is 4.03. The summed E-state index contributed by atoms with van der Waals surface area (Å²) in [7, 11) is 0. The number of nitrogens with one attached hydrogen (secondary N) is 2. The number of hydrogen-bond acceptors (Lipinski definition) is 4. The van der Waals surface area contributed by atoms with Gasteiger partial charge in [-0.3, -0.25) is 9.59 Å². The number of carbonyl (C=O) groups excluding carboxylic acids is 1. The zero-order valence-corrected chi connectivity index (χ0v) is 17.2. The molecule has 1 aliphatic heterocycles. The van der Waals surface area contributed by atoms with Gasteiger partial charge in [0.05, 0.1) is 5.56 Å². The van der Waals surface area contributed by atoms with Crippen molar-refractivity contribution in [2.75, 3.05) is 5.32 Å². The van der Waals surface area contributed by atoms with E-state index in [1.807, 2.05) is 84.9 Å². The number of nitrogens with zero attached hydrogens (tertiary/aromatic N) is 1. The summed E-state index contributed by atoms with van der Waals surface area (Å²) in [6.45, 7) is 0.473. The van der Waals surface area contributed by atoms with Crippen LogP contribution in [-0.2, 0) is 11.4 Å². The zero-order valence-electron chi connectivity index (χ0n) is 17.2. The number of rotatable bonds is 5. The summed E-state index contributed by atoms with van der Waals surface area (Å²) < 4.78 is 5.85. The summed E-state index contributed by atoms with van der Waals surface area (Å²) in [6.07, 6.45) is 0.187. The van der Waals surface area contributed by atoms with Crippen molar-refractivity contribution >= 4 is 11.7 Å². The molecule has 4 aromatic rings. The molecule has 0 radical (unpaired) electrons. The van der Waals surface area contributed by atoms with Crippen molar-refractivity contribution < 1.29 is 9.53 Å². The number of fused-ring (bicyclic) bond motifs is 1. The molecule has 1 atom stereocenters. The predicted octanol–water partition coefficient (Wildman–Crippen LogP) is 4.49. The first-order valence-electron chi connectivity index (χ1n) is 10.4. The van der Waals surface area contributed by atoms with Gasteiger partial charge in [-0.1, -0.05) is 72.8 Å². The molecule has 0 spiro atoms. The van der Waals surface area contributed by atoms with Crippen LogP contribution in [0, 0.1) is 0 Å². The first-order valence-corrected chi connectivity index (χ1v) is 10.4. The molecule has 158 valence electrons. The molecule has 1 aliphatic rings. The first-order chi connectivity index (χ1) is 15.7. The van der Waals surface area contributed by atoms with E-state index < -0.39 is 0 Å². The lowest BCUT2D eigenvalue weighted by molar-refractivity contribution is -0.116. The highest BCUT2D eigenvalue weighted by Crippen LogP contribution is 2.35. The minimum Gasteiger partial charge on any atom is -0.489 e. The van der Waals surface area contributed by atoms with Gasteiger partial charge < -0.3 is 15.0 Å². The van der Waals surface area contributed by atoms with Gasteiger partial charge in [-0.25, -0.2) is 4.98 Å². The zero-order chi connectivity index (χ0) is 21.9. The monoisotopic (exact) mass is 423 g/mol. The molecule has 3 aromatic carbocycles. The molecule has 2 N–H and O–H groups in total. The maximum atomic E-state index is 13.0. The molecule has 0 aliphatic carbocycles. The number of aromatic amines is 1. The predicted molar refractivity (Wildman–Crippen MR) is 123 cm³/mol. The lowest BCUT2D eigenvalue weighted by atomic mass is 9.87. The quantitative estimate of drug-likeness (QED) is 0.495. The highest BCUT2D eigenvalue weighted by molar-refractivity contribution is 5.94. The topological polar surface area (TPSA) is 84.1 Å². The molecule has 0 saturated carbocycles. The third-order valence-corrected chi connectivity index (χ3v) is 5.53. The molecule has 5 rings (SSSR count). The summed E-state index contributed by atoms with van der Waals surface area (Å²) >= 11 is 0. The molecule has 6 nitrogen and oxygen atoms in total. The second-order valence-corrected chi connectivity index (χ2v) is 7.69. The number of ether oxygens (including phenoxy) is 1. The van der Waals surface area contributed by atoms with Crippen molar-refractivity contribution in [3.8, 4) is 17.1 Å². The molecular formula is C26H21N3O3. The Morgan fingerprint density at radius 1 is 0.875 bits per heavy atom. The molecule has 6 heteroatoms. The van der Waals surface area contributed by atoms with Crippen LogP contribution < -0.4 is 15.6 Å². The Morgan fingerprint density at radius 3 is 2.28 bits per heavy atom. The van der Waals surface area contributed by atoms with E-state index in [-0.39, 0.29) is 23.8 Å². The molecule has 32 heavy (non-hydrogen) atoms. The number of H-pyrrole nitrogens is 1. The molecular weight excluding hydrogens is 402 g/mol. The SMILES string of the molecule is O=C1C[C@@H](c2ccc(OCc3ccccc3)cc2)c2c(nc(-c3ccccc3)[nH]c2=O)N1. The minimum absolute atomic E-state index is 0.163. The van der Waals surface area contributed by atoms with Crippen LogP contribution in [0.5, 0.6) is 5.75 Å². The van der Waals surface area contributed by atoms with E-state index in [4.69, 9.17) is 4.74 Å². The number of benzene rings is 3. The standard InChI is InChI=1S/C26H21N3O3/c30-22-15-21(18-11-13-20(14-12-18)32-16-17-7-3-1-4-8-17)23-25(27-22)28-24(29-26(23)31)19-9-5-2-6-10-19/h1-14,21H,15-16H2,(H2,27,28,29,30,31)/t21-/m0/s1. The van der Waals surface area contributed by atoms with Gasteiger partial charge in [0, 0.05) is 17.9 Å². The van der Waals surface area contributed by atoms with Crippen LogP contribution in [0.25, 0.3) is 11.4 Å². The minimum atomic E-state index is -0.372. The third-order valence-electron chi connectivity index (χ3n) is 5.53. The second-order valence-electron chi connectivity index (χ2n) is 7.69. The normalized spacial score (nSPS) is 15.0. The van der Waals surface area contributed by atoms with Crippen LogP contribution in [0.15, 0.2) is 89.7 Å². The second kappa shape index (κ2) is 8.51. The maximum absolute atomic E-state index is 13.0. The van der Waals surface area contributed by atoms with Crippen LogP contribution in [0.3, 0.4) is 0 Å². The molecule has 0 bridgehead atoms. The van der Waals surface area contributed by atoms with Crippen LogP contribution in [-0.4, -0.2) is 15.9 Å².